The molecule has 0 radical (unpaired) electrons. The predicted molar refractivity (Wildman–Crippen MR) is 152 cm³/mol. The van der Waals surface area contributed by atoms with Gasteiger partial charge in [-0.2, -0.15) is 0 Å². The van der Waals surface area contributed by atoms with E-state index in [-0.39, 0.29) is 12.0 Å². The second kappa shape index (κ2) is 9.03. The highest BCUT2D eigenvalue weighted by Gasteiger charge is 2.35. The highest BCUT2D eigenvalue weighted by molar-refractivity contribution is 5.88. The van der Waals surface area contributed by atoms with Gasteiger partial charge in [0.2, 0.25) is 5.95 Å². The van der Waals surface area contributed by atoms with E-state index in [1.807, 2.05) is 30.5 Å². The highest BCUT2D eigenvalue weighted by Crippen LogP contribution is 2.48. The number of anilines is 2. The van der Waals surface area contributed by atoms with Crippen LogP contribution < -0.4 is 4.90 Å². The molecule has 1 aliphatic carbocycles. The maximum atomic E-state index is 5.08. The van der Waals surface area contributed by atoms with Crippen molar-refractivity contribution in [3.05, 3.63) is 145 Å². The molecule has 2 heterocycles. The molecule has 2 aliphatic rings. The molecule has 3 heteroatoms. The molecule has 7 rings (SSSR count). The first-order valence-electron chi connectivity index (χ1n) is 12.7. The summed E-state index contributed by atoms with van der Waals surface area (Å²) in [6.07, 6.45) is 10.8. The van der Waals surface area contributed by atoms with Crippen LogP contribution in [0.25, 0.3) is 33.5 Å². The normalized spacial score (nSPS) is 17.5. The molecular formula is C34H25N3. The van der Waals surface area contributed by atoms with Gasteiger partial charge in [0, 0.05) is 23.2 Å². The Morgan fingerprint density at radius 2 is 1.32 bits per heavy atom. The Kier molecular flexibility index (Phi) is 5.25. The molecule has 0 bridgehead atoms. The Hall–Kier alpha value is -4.76. The number of allylic oxidation sites excluding steroid dienone is 2. The fourth-order valence-corrected chi connectivity index (χ4v) is 5.57. The van der Waals surface area contributed by atoms with Crippen LogP contribution in [0.2, 0.25) is 0 Å². The molecule has 2 unspecified atom stereocenters. The van der Waals surface area contributed by atoms with E-state index >= 15 is 0 Å². The second-order valence-electron chi connectivity index (χ2n) is 9.45. The van der Waals surface area contributed by atoms with Crippen molar-refractivity contribution in [1.29, 1.82) is 0 Å². The van der Waals surface area contributed by atoms with E-state index in [0.717, 1.165) is 16.9 Å². The predicted octanol–water partition coefficient (Wildman–Crippen LogP) is 8.21. The maximum absolute atomic E-state index is 5.08. The van der Waals surface area contributed by atoms with Crippen LogP contribution in [-0.2, 0) is 0 Å². The first-order valence-corrected chi connectivity index (χ1v) is 12.7. The summed E-state index contributed by atoms with van der Waals surface area (Å²) in [5, 5.41) is 0. The Morgan fingerprint density at radius 3 is 2.16 bits per heavy atom. The van der Waals surface area contributed by atoms with Crippen LogP contribution in [0, 0.1) is 0 Å². The first kappa shape index (κ1) is 21.5. The maximum Gasteiger partial charge on any atom is 0.231 e. The summed E-state index contributed by atoms with van der Waals surface area (Å²) >= 11 is 0. The number of hydrogen-bond donors (Lipinski definition) is 0. The van der Waals surface area contributed by atoms with Gasteiger partial charge in [0.25, 0.3) is 0 Å². The molecule has 0 saturated carbocycles. The van der Waals surface area contributed by atoms with Crippen molar-refractivity contribution in [2.75, 3.05) is 4.90 Å². The van der Waals surface area contributed by atoms with Crippen molar-refractivity contribution < 1.29 is 0 Å². The second-order valence-corrected chi connectivity index (χ2v) is 9.45. The van der Waals surface area contributed by atoms with Gasteiger partial charge in [0.1, 0.15) is 0 Å². The molecule has 0 saturated heterocycles. The quantitative estimate of drug-likeness (QED) is 0.263. The molecule has 0 spiro atoms. The Labute approximate surface area is 217 Å². The van der Waals surface area contributed by atoms with E-state index in [4.69, 9.17) is 9.97 Å². The zero-order chi connectivity index (χ0) is 24.6. The van der Waals surface area contributed by atoms with Gasteiger partial charge in [0.15, 0.2) is 0 Å². The summed E-state index contributed by atoms with van der Waals surface area (Å²) in [4.78, 5) is 12.2. The van der Waals surface area contributed by atoms with Crippen LogP contribution in [0.1, 0.15) is 11.5 Å². The van der Waals surface area contributed by atoms with E-state index < -0.39 is 0 Å². The lowest BCUT2D eigenvalue weighted by Gasteiger charge is -2.34. The van der Waals surface area contributed by atoms with Gasteiger partial charge in [-0.05, 0) is 40.5 Å². The minimum absolute atomic E-state index is 0.0565. The van der Waals surface area contributed by atoms with Gasteiger partial charge in [-0.15, -0.1) is 0 Å². The monoisotopic (exact) mass is 475 g/mol. The number of hydrogen-bond acceptors (Lipinski definition) is 3. The summed E-state index contributed by atoms with van der Waals surface area (Å²) in [7, 11) is 0. The van der Waals surface area contributed by atoms with Crippen LogP contribution in [0.15, 0.2) is 140 Å². The average Bonchev–Trinajstić information content (AvgIpc) is 3.10. The van der Waals surface area contributed by atoms with Crippen molar-refractivity contribution in [1.82, 2.24) is 9.97 Å². The largest absolute Gasteiger partial charge is 0.302 e. The van der Waals surface area contributed by atoms with Crippen LogP contribution in [-0.4, -0.2) is 16.0 Å². The van der Waals surface area contributed by atoms with Crippen molar-refractivity contribution in [2.24, 2.45) is 0 Å². The lowest BCUT2D eigenvalue weighted by atomic mass is 9.83. The number of para-hydroxylation sites is 1. The number of aromatic nitrogens is 2. The van der Waals surface area contributed by atoms with Crippen LogP contribution >= 0.6 is 0 Å². The van der Waals surface area contributed by atoms with Crippen LogP contribution in [0.3, 0.4) is 0 Å². The average molecular weight is 476 g/mol. The van der Waals surface area contributed by atoms with E-state index in [1.54, 1.807) is 0 Å². The number of nitrogens with zero attached hydrogens (tertiary/aromatic N) is 3. The third kappa shape index (κ3) is 3.76. The molecular weight excluding hydrogens is 450 g/mol. The molecule has 2 atom stereocenters. The van der Waals surface area contributed by atoms with Gasteiger partial charge in [-0.1, -0.05) is 115 Å². The van der Waals surface area contributed by atoms with Gasteiger partial charge in [-0.3, -0.25) is 0 Å². The van der Waals surface area contributed by atoms with Crippen LogP contribution in [0.5, 0.6) is 0 Å². The van der Waals surface area contributed by atoms with Gasteiger partial charge < -0.3 is 4.90 Å². The topological polar surface area (TPSA) is 29.0 Å². The molecule has 0 fully saturated rings. The molecule has 4 aromatic carbocycles. The third-order valence-corrected chi connectivity index (χ3v) is 7.31. The molecule has 0 amide bonds. The minimum Gasteiger partial charge on any atom is -0.302 e. The van der Waals surface area contributed by atoms with Crippen LogP contribution in [0.4, 0.5) is 11.6 Å². The smallest absolute Gasteiger partial charge is 0.231 e. The zero-order valence-corrected chi connectivity index (χ0v) is 20.3. The Bertz CT molecular complexity index is 1640. The first-order chi connectivity index (χ1) is 18.4. The molecule has 3 nitrogen and oxygen atoms in total. The summed E-state index contributed by atoms with van der Waals surface area (Å²) in [6, 6.07) is 38.5. The van der Waals surface area contributed by atoms with Crippen molar-refractivity contribution in [3.63, 3.8) is 0 Å². The standard InChI is InChI=1S/C34H25N3/c1-3-11-24(12-4-1)26-19-20-27-28-15-7-9-17-32(28)37(33-18-10-8-16-29(33)30(27)23-26)34-35-22-21-31(36-34)25-13-5-2-6-14-25/h1-23,28,32H. The van der Waals surface area contributed by atoms with E-state index in [0.29, 0.717) is 5.95 Å². The molecule has 37 heavy (non-hydrogen) atoms. The lowest BCUT2D eigenvalue weighted by molar-refractivity contribution is 0.684. The summed E-state index contributed by atoms with van der Waals surface area (Å²) in [6.45, 7) is 0. The van der Waals surface area contributed by atoms with E-state index in [9.17, 15) is 0 Å². The minimum atomic E-state index is 0.0565. The van der Waals surface area contributed by atoms with Gasteiger partial charge in [0.05, 0.1) is 17.4 Å². The molecule has 1 aliphatic heterocycles. The Balaban J connectivity index is 1.44. The Morgan fingerprint density at radius 1 is 0.595 bits per heavy atom. The third-order valence-electron chi connectivity index (χ3n) is 7.31. The van der Waals surface area contributed by atoms with Gasteiger partial charge >= 0.3 is 0 Å². The fraction of sp³-hybridized carbons (Fsp3) is 0.0588. The molecule has 5 aromatic rings. The van der Waals surface area contributed by atoms with Crippen molar-refractivity contribution in [3.8, 4) is 33.5 Å². The molecule has 0 N–H and O–H groups in total. The van der Waals surface area contributed by atoms with E-state index in [2.05, 4.69) is 114 Å². The van der Waals surface area contributed by atoms with Crippen molar-refractivity contribution in [2.45, 2.75) is 12.0 Å². The zero-order valence-electron chi connectivity index (χ0n) is 20.3. The molecule has 1 aromatic heterocycles. The van der Waals surface area contributed by atoms with E-state index in [1.165, 1.54) is 27.8 Å². The van der Waals surface area contributed by atoms with Gasteiger partial charge in [-0.25, -0.2) is 9.97 Å². The summed E-state index contributed by atoms with van der Waals surface area (Å²) < 4.78 is 0. The number of rotatable bonds is 3. The highest BCUT2D eigenvalue weighted by atomic mass is 15.3. The number of benzene rings is 4. The fourth-order valence-electron chi connectivity index (χ4n) is 5.57. The summed E-state index contributed by atoms with van der Waals surface area (Å²) in [5.41, 5.74) is 9.33. The SMILES string of the molecule is C1=CC2c3ccc(-c4ccccc4)cc3-c3ccccc3N(c3nccc(-c4ccccc4)n3)C2C=C1. The number of fused-ring (bicyclic) bond motifs is 5. The summed E-state index contributed by atoms with van der Waals surface area (Å²) in [5.74, 6) is 0.876. The lowest BCUT2D eigenvalue weighted by Crippen LogP contribution is -2.35. The molecule has 176 valence electrons. The van der Waals surface area contributed by atoms with Crippen molar-refractivity contribution >= 4 is 11.6 Å².